The lowest BCUT2D eigenvalue weighted by molar-refractivity contribution is 0.0142. The number of carbonyl (C=O) groups excluding carboxylic acids is 1. The van der Waals surface area contributed by atoms with Crippen molar-refractivity contribution in [2.45, 2.75) is 12.5 Å². The Balaban J connectivity index is 1.58. The minimum Gasteiger partial charge on any atom is -0.494 e. The number of hydrogen-bond donors (Lipinski definition) is 2. The van der Waals surface area contributed by atoms with Crippen LogP contribution in [0.2, 0.25) is 5.02 Å². The van der Waals surface area contributed by atoms with E-state index in [1.807, 2.05) is 37.3 Å². The van der Waals surface area contributed by atoms with Crippen molar-refractivity contribution < 1.29 is 14.3 Å². The molecule has 0 atom stereocenters. The standard InChI is InChI=1S/C21H20ClN5O3/c1-12-5-13(22)3-4-15(12)26-19-14-6-17(18(29-2)7-16(14)24-11-25-19)27-10-21(8-23-9-21)30-20(27)28/h3-7,11,23H,8-10H2,1-2H3,(H,24,25,26). The third-order valence-electron chi connectivity index (χ3n) is 5.53. The molecule has 2 N–H and O–H groups in total. The van der Waals surface area contributed by atoms with Crippen LogP contribution in [-0.2, 0) is 4.74 Å². The summed E-state index contributed by atoms with van der Waals surface area (Å²) in [6.07, 6.45) is 1.11. The summed E-state index contributed by atoms with van der Waals surface area (Å²) in [6, 6.07) is 9.29. The van der Waals surface area contributed by atoms with Crippen molar-refractivity contribution in [2.75, 3.05) is 37.0 Å². The van der Waals surface area contributed by atoms with Gasteiger partial charge in [0.15, 0.2) is 5.60 Å². The van der Waals surface area contributed by atoms with Crippen LogP contribution in [0, 0.1) is 6.92 Å². The molecule has 5 rings (SSSR count). The van der Waals surface area contributed by atoms with E-state index in [4.69, 9.17) is 21.1 Å². The molecule has 3 heterocycles. The molecule has 1 aromatic heterocycles. The number of aryl methyl sites for hydroxylation is 1. The van der Waals surface area contributed by atoms with Gasteiger partial charge in [-0.25, -0.2) is 14.8 Å². The van der Waals surface area contributed by atoms with Crippen LogP contribution in [0.25, 0.3) is 10.9 Å². The topological polar surface area (TPSA) is 88.6 Å². The maximum absolute atomic E-state index is 12.6. The molecule has 8 nitrogen and oxygen atoms in total. The summed E-state index contributed by atoms with van der Waals surface area (Å²) >= 11 is 6.07. The van der Waals surface area contributed by atoms with Crippen molar-refractivity contribution in [2.24, 2.45) is 0 Å². The molecule has 0 radical (unpaired) electrons. The van der Waals surface area contributed by atoms with Crippen LogP contribution in [0.4, 0.5) is 22.0 Å². The van der Waals surface area contributed by atoms with E-state index < -0.39 is 5.60 Å². The normalized spacial score (nSPS) is 17.2. The number of anilines is 3. The Labute approximate surface area is 178 Å². The molecular formula is C21H20ClN5O3. The summed E-state index contributed by atoms with van der Waals surface area (Å²) in [5.41, 5.74) is 2.74. The number of rotatable bonds is 4. The second-order valence-corrected chi connectivity index (χ2v) is 8.02. The van der Waals surface area contributed by atoms with Gasteiger partial charge >= 0.3 is 6.09 Å². The van der Waals surface area contributed by atoms with Gasteiger partial charge in [0.25, 0.3) is 0 Å². The summed E-state index contributed by atoms with van der Waals surface area (Å²) < 4.78 is 11.2. The van der Waals surface area contributed by atoms with Gasteiger partial charge in [0.1, 0.15) is 17.9 Å². The third kappa shape index (κ3) is 3.09. The zero-order valence-corrected chi connectivity index (χ0v) is 17.3. The van der Waals surface area contributed by atoms with Crippen LogP contribution in [-0.4, -0.2) is 48.4 Å². The third-order valence-corrected chi connectivity index (χ3v) is 5.77. The SMILES string of the molecule is COc1cc2ncnc(Nc3ccc(Cl)cc3C)c2cc1N1CC2(CNC2)OC1=O. The minimum atomic E-state index is -0.467. The number of fused-ring (bicyclic) bond motifs is 1. The summed E-state index contributed by atoms with van der Waals surface area (Å²) in [7, 11) is 1.57. The van der Waals surface area contributed by atoms with E-state index in [0.29, 0.717) is 47.4 Å². The number of benzene rings is 2. The molecular weight excluding hydrogens is 406 g/mol. The average Bonchev–Trinajstić information content (AvgIpc) is 3.07. The first kappa shape index (κ1) is 18.9. The average molecular weight is 426 g/mol. The van der Waals surface area contributed by atoms with Crippen molar-refractivity contribution in [1.82, 2.24) is 15.3 Å². The van der Waals surface area contributed by atoms with Crippen molar-refractivity contribution in [3.05, 3.63) is 47.2 Å². The molecule has 0 bridgehead atoms. The van der Waals surface area contributed by atoms with Crippen molar-refractivity contribution in [3.63, 3.8) is 0 Å². The number of halogens is 1. The Morgan fingerprint density at radius 3 is 2.77 bits per heavy atom. The highest BCUT2D eigenvalue weighted by molar-refractivity contribution is 6.30. The predicted molar refractivity (Wildman–Crippen MR) is 115 cm³/mol. The number of aromatic nitrogens is 2. The van der Waals surface area contributed by atoms with Crippen molar-refractivity contribution >= 4 is 45.8 Å². The molecule has 0 aliphatic carbocycles. The molecule has 2 saturated heterocycles. The summed E-state index contributed by atoms with van der Waals surface area (Å²) in [4.78, 5) is 23.0. The molecule has 1 amide bonds. The van der Waals surface area contributed by atoms with Gasteiger partial charge in [0, 0.05) is 35.3 Å². The molecule has 2 aliphatic heterocycles. The molecule has 9 heteroatoms. The van der Waals surface area contributed by atoms with Gasteiger partial charge in [-0.2, -0.15) is 0 Å². The molecule has 2 fully saturated rings. The van der Waals surface area contributed by atoms with Gasteiger partial charge in [-0.3, -0.25) is 4.90 Å². The van der Waals surface area contributed by atoms with Gasteiger partial charge in [-0.05, 0) is 36.8 Å². The summed E-state index contributed by atoms with van der Waals surface area (Å²) in [5, 5.41) is 7.96. The Morgan fingerprint density at radius 2 is 2.10 bits per heavy atom. The lowest BCUT2D eigenvalue weighted by Gasteiger charge is -2.36. The second kappa shape index (κ2) is 7.00. The maximum Gasteiger partial charge on any atom is 0.415 e. The Hall–Kier alpha value is -3.10. The molecule has 0 saturated carbocycles. The van der Waals surface area contributed by atoms with E-state index in [0.717, 1.165) is 16.6 Å². The predicted octanol–water partition coefficient (Wildman–Crippen LogP) is 3.64. The van der Waals surface area contributed by atoms with E-state index in [9.17, 15) is 4.79 Å². The maximum atomic E-state index is 12.6. The molecule has 1 spiro atoms. The van der Waals surface area contributed by atoms with Gasteiger partial charge in [0.2, 0.25) is 0 Å². The van der Waals surface area contributed by atoms with Crippen molar-refractivity contribution in [1.29, 1.82) is 0 Å². The quantitative estimate of drug-likeness (QED) is 0.659. The number of hydrogen-bond acceptors (Lipinski definition) is 7. The monoisotopic (exact) mass is 425 g/mol. The van der Waals surface area contributed by atoms with Crippen LogP contribution in [0.1, 0.15) is 5.56 Å². The van der Waals surface area contributed by atoms with E-state index in [2.05, 4.69) is 20.6 Å². The van der Waals surface area contributed by atoms with Gasteiger partial charge < -0.3 is 20.1 Å². The van der Waals surface area contributed by atoms with Gasteiger partial charge in [0.05, 0.1) is 24.9 Å². The van der Waals surface area contributed by atoms with Crippen molar-refractivity contribution in [3.8, 4) is 5.75 Å². The lowest BCUT2D eigenvalue weighted by atomic mass is 9.97. The van der Waals surface area contributed by atoms with Gasteiger partial charge in [-0.1, -0.05) is 11.6 Å². The second-order valence-electron chi connectivity index (χ2n) is 7.59. The highest BCUT2D eigenvalue weighted by atomic mass is 35.5. The number of methoxy groups -OCH3 is 1. The first-order valence-corrected chi connectivity index (χ1v) is 9.93. The van der Waals surface area contributed by atoms with E-state index in [1.165, 1.54) is 6.33 Å². The molecule has 30 heavy (non-hydrogen) atoms. The zero-order valence-electron chi connectivity index (χ0n) is 16.5. The highest BCUT2D eigenvalue weighted by Gasteiger charge is 2.50. The summed E-state index contributed by atoms with van der Waals surface area (Å²) in [6.45, 7) is 3.74. The number of nitrogens with one attached hydrogen (secondary N) is 2. The van der Waals surface area contributed by atoms with Crippen LogP contribution in [0.5, 0.6) is 5.75 Å². The number of carbonyl (C=O) groups is 1. The minimum absolute atomic E-state index is 0.381. The Morgan fingerprint density at radius 1 is 1.27 bits per heavy atom. The molecule has 0 unspecified atom stereocenters. The van der Waals surface area contributed by atoms with Crippen LogP contribution in [0.15, 0.2) is 36.7 Å². The molecule has 2 aromatic carbocycles. The van der Waals surface area contributed by atoms with E-state index >= 15 is 0 Å². The number of amides is 1. The molecule has 3 aromatic rings. The largest absolute Gasteiger partial charge is 0.494 e. The van der Waals surface area contributed by atoms with Crippen LogP contribution in [0.3, 0.4) is 0 Å². The van der Waals surface area contributed by atoms with E-state index in [1.54, 1.807) is 12.0 Å². The molecule has 2 aliphatic rings. The van der Waals surface area contributed by atoms with E-state index in [-0.39, 0.29) is 6.09 Å². The number of nitrogens with zero attached hydrogens (tertiary/aromatic N) is 3. The van der Waals surface area contributed by atoms with Gasteiger partial charge in [-0.15, -0.1) is 0 Å². The fourth-order valence-corrected chi connectivity index (χ4v) is 4.06. The first-order chi connectivity index (χ1) is 14.5. The smallest absolute Gasteiger partial charge is 0.415 e. The number of ether oxygens (including phenoxy) is 2. The first-order valence-electron chi connectivity index (χ1n) is 9.55. The fourth-order valence-electron chi connectivity index (χ4n) is 3.84. The Bertz CT molecular complexity index is 1160. The lowest BCUT2D eigenvalue weighted by Crippen LogP contribution is -2.61. The molecule has 154 valence electrons. The zero-order chi connectivity index (χ0) is 20.9. The summed E-state index contributed by atoms with van der Waals surface area (Å²) in [5.74, 6) is 1.18. The van der Waals surface area contributed by atoms with Crippen LogP contribution >= 0.6 is 11.6 Å². The fraction of sp³-hybridized carbons (Fsp3) is 0.286. The highest BCUT2D eigenvalue weighted by Crippen LogP contribution is 2.39. The Kier molecular flexibility index (Phi) is 4.41. The van der Waals surface area contributed by atoms with Crippen LogP contribution < -0.4 is 20.3 Å².